The number of allylic oxidation sites excluding steroid dienone is 12. The predicted molar refractivity (Wildman–Crippen MR) is 179 cm³/mol. The molecule has 0 unspecified atom stereocenters. The average molecular weight is 601 g/mol. The first-order valence-electron chi connectivity index (χ1n) is 15.4. The summed E-state index contributed by atoms with van der Waals surface area (Å²) in [4.78, 5) is 42.3. The summed E-state index contributed by atoms with van der Waals surface area (Å²) in [5.41, 5.74) is 1.92. The van der Waals surface area contributed by atoms with Crippen molar-refractivity contribution in [2.75, 3.05) is 0 Å². The lowest BCUT2D eigenvalue weighted by Gasteiger charge is -2.37. The second kappa shape index (κ2) is 13.8. The summed E-state index contributed by atoms with van der Waals surface area (Å²) in [7, 11) is 0. The summed E-state index contributed by atoms with van der Waals surface area (Å²) in [6.45, 7) is 17.6. The van der Waals surface area contributed by atoms with E-state index in [1.807, 2.05) is 86.6 Å². The van der Waals surface area contributed by atoms with Crippen molar-refractivity contribution < 1.29 is 24.2 Å². The van der Waals surface area contributed by atoms with Gasteiger partial charge in [0.25, 0.3) is 0 Å². The fourth-order valence-electron chi connectivity index (χ4n) is 5.79. The highest BCUT2D eigenvalue weighted by molar-refractivity contribution is 6.09. The van der Waals surface area contributed by atoms with Crippen molar-refractivity contribution in [3.8, 4) is 0 Å². The van der Waals surface area contributed by atoms with E-state index in [1.54, 1.807) is 0 Å². The molecule has 0 spiro atoms. The molecule has 1 atom stereocenters. The Morgan fingerprint density at radius 1 is 0.682 bits per heavy atom. The van der Waals surface area contributed by atoms with E-state index in [-0.39, 0.29) is 54.1 Å². The lowest BCUT2D eigenvalue weighted by molar-refractivity contribution is -0.124. The average Bonchev–Trinajstić information content (AvgIpc) is 2.92. The third-order valence-corrected chi connectivity index (χ3v) is 8.45. The molecule has 0 bridgehead atoms. The maximum atomic E-state index is 14.6. The number of ketones is 2. The molecule has 6 nitrogen and oxygen atoms in total. The molecule has 2 aliphatic carbocycles. The number of hydrogen-bond donors (Lipinski definition) is 2. The molecule has 2 N–H and O–H groups in total. The molecular weight excluding hydrogens is 552 g/mol. The highest BCUT2D eigenvalue weighted by atomic mass is 16.3. The molecule has 236 valence electrons. The van der Waals surface area contributed by atoms with Gasteiger partial charge >= 0.3 is 0 Å². The second-order valence-electron chi connectivity index (χ2n) is 13.3. The maximum absolute atomic E-state index is 14.6. The topological polar surface area (TPSA) is 105 Å². The number of fused-ring (bicyclic) bond motifs is 2. The summed E-state index contributed by atoms with van der Waals surface area (Å²) < 4.78 is 6.49. The molecule has 1 aromatic rings. The van der Waals surface area contributed by atoms with Gasteiger partial charge in [0.1, 0.15) is 22.8 Å². The van der Waals surface area contributed by atoms with E-state index in [9.17, 15) is 24.6 Å². The van der Waals surface area contributed by atoms with Crippen molar-refractivity contribution in [3.05, 3.63) is 103 Å². The van der Waals surface area contributed by atoms with Gasteiger partial charge in [-0.3, -0.25) is 14.4 Å². The number of hydrogen-bond acceptors (Lipinski definition) is 6. The highest BCUT2D eigenvalue weighted by Crippen LogP contribution is 2.47. The van der Waals surface area contributed by atoms with Gasteiger partial charge in [-0.05, 0) is 101 Å². The third-order valence-electron chi connectivity index (χ3n) is 8.45. The van der Waals surface area contributed by atoms with Crippen LogP contribution in [0.25, 0.3) is 11.8 Å². The van der Waals surface area contributed by atoms with E-state index >= 15 is 0 Å². The molecule has 0 saturated heterocycles. The number of carbonyl (C=O) groups excluding carboxylic acids is 2. The Morgan fingerprint density at radius 3 is 1.70 bits per heavy atom. The quantitative estimate of drug-likeness (QED) is 0.245. The van der Waals surface area contributed by atoms with Gasteiger partial charge in [-0.1, -0.05) is 58.2 Å². The minimum atomic E-state index is -1.46. The molecule has 1 aromatic heterocycles. The van der Waals surface area contributed by atoms with Crippen molar-refractivity contribution in [3.63, 3.8) is 0 Å². The summed E-state index contributed by atoms with van der Waals surface area (Å²) >= 11 is 0. The SMILES string of the molecule is CC(C)=CCC/C(C)=C/C[C@@]1(CC=C(C)C)C(=O)C(O)=Cc2oc3c(c(=O)c21)C(O)=CC(=O)C3(CC=C(C)C)CC=C(C)C. The van der Waals surface area contributed by atoms with Crippen LogP contribution in [0, 0.1) is 0 Å². The van der Waals surface area contributed by atoms with E-state index in [4.69, 9.17) is 4.42 Å². The van der Waals surface area contributed by atoms with E-state index in [2.05, 4.69) is 6.08 Å². The normalized spacial score (nSPS) is 18.8. The standard InChI is InChI=1S/C38H48O6/c1-23(2)11-10-12-27(9)16-20-38(19-15-26(7)8)33-30(21-29(40)35(38)43)44-36-32(34(33)42)28(39)22-31(41)37(36,17-13-24(3)4)18-14-25(5)6/h11,13-16,21-22,39-40H,10,12,17-20H2,1-9H3/b27-16+/t38-/m1/s1. The van der Waals surface area contributed by atoms with Crippen LogP contribution in [0.4, 0.5) is 0 Å². The zero-order valence-corrected chi connectivity index (χ0v) is 27.8. The lowest BCUT2D eigenvalue weighted by atomic mass is 9.65. The van der Waals surface area contributed by atoms with Crippen molar-refractivity contribution in [2.24, 2.45) is 0 Å². The maximum Gasteiger partial charge on any atom is 0.208 e. The van der Waals surface area contributed by atoms with Gasteiger partial charge in [0, 0.05) is 12.2 Å². The van der Waals surface area contributed by atoms with Gasteiger partial charge in [-0.2, -0.15) is 0 Å². The van der Waals surface area contributed by atoms with E-state index in [1.165, 1.54) is 11.6 Å². The molecule has 0 radical (unpaired) electrons. The highest BCUT2D eigenvalue weighted by Gasteiger charge is 2.52. The molecule has 44 heavy (non-hydrogen) atoms. The van der Waals surface area contributed by atoms with Gasteiger partial charge in [0.05, 0.1) is 16.4 Å². The summed E-state index contributed by atoms with van der Waals surface area (Å²) in [5.74, 6) is -1.80. The Labute approximate surface area is 262 Å². The molecule has 2 aliphatic rings. The van der Waals surface area contributed by atoms with Crippen LogP contribution in [0.2, 0.25) is 0 Å². The first kappa shape index (κ1) is 34.6. The van der Waals surface area contributed by atoms with Gasteiger partial charge in [-0.15, -0.1) is 0 Å². The van der Waals surface area contributed by atoms with Crippen LogP contribution >= 0.6 is 0 Å². The number of carbonyl (C=O) groups is 2. The van der Waals surface area contributed by atoms with Crippen LogP contribution in [0.3, 0.4) is 0 Å². The molecule has 0 fully saturated rings. The second-order valence-corrected chi connectivity index (χ2v) is 13.3. The Balaban J connectivity index is 2.39. The van der Waals surface area contributed by atoms with Gasteiger partial charge in [-0.25, -0.2) is 0 Å². The molecule has 0 amide bonds. The summed E-state index contributed by atoms with van der Waals surface area (Å²) in [6, 6.07) is 0. The van der Waals surface area contributed by atoms with E-state index in [0.29, 0.717) is 0 Å². The first-order valence-corrected chi connectivity index (χ1v) is 15.4. The molecule has 0 aromatic carbocycles. The number of Topliss-reactive ketones (excluding diaryl/α,β-unsaturated/α-hetero) is 1. The first-order chi connectivity index (χ1) is 20.6. The third kappa shape index (κ3) is 7.06. The van der Waals surface area contributed by atoms with Crippen LogP contribution in [0.15, 0.2) is 79.3 Å². The van der Waals surface area contributed by atoms with Crippen LogP contribution in [0.5, 0.6) is 0 Å². The van der Waals surface area contributed by atoms with E-state index in [0.717, 1.165) is 41.2 Å². The fraction of sp³-hybridized carbons (Fsp3) is 0.447. The number of rotatable bonds is 11. The van der Waals surface area contributed by atoms with Gasteiger partial charge in [0.2, 0.25) is 11.2 Å². The van der Waals surface area contributed by atoms with Crippen LogP contribution in [-0.2, 0) is 20.4 Å². The fourth-order valence-corrected chi connectivity index (χ4v) is 5.79. The van der Waals surface area contributed by atoms with Gasteiger partial charge in [0.15, 0.2) is 11.5 Å². The summed E-state index contributed by atoms with van der Waals surface area (Å²) in [5, 5.41) is 22.2. The molecule has 0 saturated carbocycles. The smallest absolute Gasteiger partial charge is 0.208 e. The van der Waals surface area contributed by atoms with Crippen molar-refractivity contribution >= 4 is 23.4 Å². The van der Waals surface area contributed by atoms with Crippen LogP contribution in [-0.4, -0.2) is 21.8 Å². The van der Waals surface area contributed by atoms with E-state index < -0.39 is 33.6 Å². The minimum absolute atomic E-state index is 0.0462. The van der Waals surface area contributed by atoms with Crippen molar-refractivity contribution in [2.45, 2.75) is 112 Å². The number of aliphatic hydroxyl groups excluding tert-OH is 2. The minimum Gasteiger partial charge on any atom is -0.507 e. The Kier molecular flexibility index (Phi) is 10.8. The zero-order chi connectivity index (χ0) is 33.0. The Bertz CT molecular complexity index is 1580. The monoisotopic (exact) mass is 600 g/mol. The largest absolute Gasteiger partial charge is 0.507 e. The van der Waals surface area contributed by atoms with Crippen LogP contribution < -0.4 is 5.43 Å². The molecule has 1 heterocycles. The number of aliphatic hydroxyl groups is 2. The lowest BCUT2D eigenvalue weighted by Crippen LogP contribution is -2.46. The predicted octanol–water partition coefficient (Wildman–Crippen LogP) is 9.23. The Morgan fingerprint density at radius 2 is 1.18 bits per heavy atom. The molecule has 3 rings (SSSR count). The van der Waals surface area contributed by atoms with Crippen LogP contribution in [0.1, 0.15) is 123 Å². The van der Waals surface area contributed by atoms with Gasteiger partial charge < -0.3 is 14.6 Å². The Hall–Kier alpha value is -3.93. The van der Waals surface area contributed by atoms with Crippen molar-refractivity contribution in [1.29, 1.82) is 0 Å². The summed E-state index contributed by atoms with van der Waals surface area (Å²) in [6.07, 6.45) is 14.6. The van der Waals surface area contributed by atoms with Crippen molar-refractivity contribution in [1.82, 2.24) is 0 Å². The molecule has 0 aliphatic heterocycles. The molecular formula is C38H48O6. The zero-order valence-electron chi connectivity index (χ0n) is 27.8. The molecule has 6 heteroatoms.